The standard InChI is InChI=1S/C9H13FN4O2/c10-8-6(12-13-11)4-5-2-1-3-7(8)14(5)9(15)16/h5-8H,1-4H2,(H,15,16)/t5-,6-,7+,8-/m1/s1. The summed E-state index contributed by atoms with van der Waals surface area (Å²) in [4.78, 5) is 14.9. The Labute approximate surface area is 91.7 Å². The van der Waals surface area contributed by atoms with Gasteiger partial charge in [-0.2, -0.15) is 0 Å². The van der Waals surface area contributed by atoms with Gasteiger partial charge in [-0.1, -0.05) is 5.11 Å². The number of piperidine rings is 2. The van der Waals surface area contributed by atoms with Crippen molar-refractivity contribution in [1.29, 1.82) is 0 Å². The molecule has 2 rings (SSSR count). The number of alkyl halides is 1. The van der Waals surface area contributed by atoms with Gasteiger partial charge >= 0.3 is 6.09 Å². The van der Waals surface area contributed by atoms with Crippen LogP contribution in [0.15, 0.2) is 5.11 Å². The molecule has 0 aromatic heterocycles. The molecule has 0 aromatic rings. The Bertz CT molecular complexity index is 344. The molecule has 0 radical (unpaired) electrons. The minimum atomic E-state index is -1.37. The van der Waals surface area contributed by atoms with Crippen LogP contribution in [-0.2, 0) is 0 Å². The highest BCUT2D eigenvalue weighted by atomic mass is 19.1. The molecule has 2 bridgehead atoms. The number of nitrogens with zero attached hydrogens (tertiary/aromatic N) is 4. The van der Waals surface area contributed by atoms with Crippen molar-refractivity contribution in [3.05, 3.63) is 10.4 Å². The van der Waals surface area contributed by atoms with E-state index < -0.39 is 24.3 Å². The van der Waals surface area contributed by atoms with Crippen LogP contribution in [-0.4, -0.2) is 40.4 Å². The largest absolute Gasteiger partial charge is 0.465 e. The van der Waals surface area contributed by atoms with Crippen LogP contribution in [0.1, 0.15) is 25.7 Å². The number of carbonyl (C=O) groups is 1. The number of azide groups is 1. The van der Waals surface area contributed by atoms with Crippen LogP contribution in [0, 0.1) is 0 Å². The van der Waals surface area contributed by atoms with Gasteiger partial charge in [-0.3, -0.25) is 4.90 Å². The van der Waals surface area contributed by atoms with E-state index in [1.807, 2.05) is 0 Å². The molecule has 2 aliphatic rings. The fourth-order valence-electron chi connectivity index (χ4n) is 2.80. The summed E-state index contributed by atoms with van der Waals surface area (Å²) in [7, 11) is 0. The molecule has 16 heavy (non-hydrogen) atoms. The Morgan fingerprint density at radius 1 is 1.56 bits per heavy atom. The van der Waals surface area contributed by atoms with Gasteiger partial charge in [0, 0.05) is 11.0 Å². The summed E-state index contributed by atoms with van der Waals surface area (Å²) in [5, 5.41) is 12.5. The van der Waals surface area contributed by atoms with Crippen LogP contribution in [0.3, 0.4) is 0 Å². The summed E-state index contributed by atoms with van der Waals surface area (Å²) in [6, 6.07) is -1.55. The zero-order chi connectivity index (χ0) is 11.7. The van der Waals surface area contributed by atoms with E-state index in [1.165, 1.54) is 4.90 Å². The van der Waals surface area contributed by atoms with E-state index in [0.717, 1.165) is 12.8 Å². The molecule has 1 N–H and O–H groups in total. The Morgan fingerprint density at radius 2 is 2.31 bits per heavy atom. The van der Waals surface area contributed by atoms with E-state index in [2.05, 4.69) is 10.0 Å². The topological polar surface area (TPSA) is 89.3 Å². The van der Waals surface area contributed by atoms with Crippen molar-refractivity contribution in [2.45, 2.75) is 50.0 Å². The van der Waals surface area contributed by atoms with Crippen LogP contribution in [0.4, 0.5) is 9.18 Å². The lowest BCUT2D eigenvalue weighted by atomic mass is 9.81. The van der Waals surface area contributed by atoms with Gasteiger partial charge in [-0.25, -0.2) is 9.18 Å². The first-order valence-corrected chi connectivity index (χ1v) is 5.34. The normalized spacial score (nSPS) is 37.7. The molecule has 1 amide bonds. The maximum atomic E-state index is 13.9. The number of carboxylic acid groups (broad SMARTS) is 1. The molecular weight excluding hydrogens is 215 g/mol. The smallest absolute Gasteiger partial charge is 0.407 e. The Kier molecular flexibility index (Phi) is 2.87. The van der Waals surface area contributed by atoms with Crippen molar-refractivity contribution in [3.63, 3.8) is 0 Å². The Balaban J connectivity index is 2.24. The maximum Gasteiger partial charge on any atom is 0.407 e. The van der Waals surface area contributed by atoms with E-state index in [0.29, 0.717) is 12.8 Å². The third-order valence-corrected chi connectivity index (χ3v) is 3.46. The zero-order valence-electron chi connectivity index (χ0n) is 8.66. The lowest BCUT2D eigenvalue weighted by Gasteiger charge is -2.48. The highest BCUT2D eigenvalue weighted by molar-refractivity contribution is 5.66. The van der Waals surface area contributed by atoms with Gasteiger partial charge in [-0.05, 0) is 31.2 Å². The number of hydrogen-bond donors (Lipinski definition) is 1. The maximum absolute atomic E-state index is 13.9. The fraction of sp³-hybridized carbons (Fsp3) is 0.889. The predicted octanol–water partition coefficient (Wildman–Crippen LogP) is 2.31. The van der Waals surface area contributed by atoms with E-state index in [9.17, 15) is 9.18 Å². The lowest BCUT2D eigenvalue weighted by molar-refractivity contribution is -0.0116. The number of hydrogen-bond acceptors (Lipinski definition) is 2. The molecule has 2 saturated heterocycles. The van der Waals surface area contributed by atoms with Crippen LogP contribution in [0.5, 0.6) is 0 Å². The average molecular weight is 228 g/mol. The van der Waals surface area contributed by atoms with Gasteiger partial charge in [0.25, 0.3) is 0 Å². The molecule has 4 atom stereocenters. The minimum absolute atomic E-state index is 0.196. The fourth-order valence-corrected chi connectivity index (χ4v) is 2.80. The summed E-state index contributed by atoms with van der Waals surface area (Å²) in [5.41, 5.74) is 8.34. The quantitative estimate of drug-likeness (QED) is 0.424. The van der Waals surface area contributed by atoms with Crippen LogP contribution in [0.25, 0.3) is 10.4 Å². The van der Waals surface area contributed by atoms with E-state index >= 15 is 0 Å². The second kappa shape index (κ2) is 4.17. The third-order valence-electron chi connectivity index (χ3n) is 3.46. The molecular formula is C9H13FN4O2. The summed E-state index contributed by atoms with van der Waals surface area (Å²) in [6.07, 6.45) is -0.0643. The molecule has 7 heteroatoms. The molecule has 2 heterocycles. The summed E-state index contributed by atoms with van der Waals surface area (Å²) in [6.45, 7) is 0. The summed E-state index contributed by atoms with van der Waals surface area (Å²) >= 11 is 0. The predicted molar refractivity (Wildman–Crippen MR) is 53.7 cm³/mol. The van der Waals surface area contributed by atoms with Gasteiger partial charge in [-0.15, -0.1) is 0 Å². The SMILES string of the molecule is [N-]=[N+]=N[C@@H]1C[C@H]2CCC[C@@H]([C@@H]1F)N2C(=O)O. The molecule has 6 nitrogen and oxygen atoms in total. The highest BCUT2D eigenvalue weighted by Gasteiger charge is 2.47. The summed E-state index contributed by atoms with van der Waals surface area (Å²) < 4.78 is 13.9. The second-order valence-electron chi connectivity index (χ2n) is 4.29. The Morgan fingerprint density at radius 3 is 2.94 bits per heavy atom. The number of halogens is 1. The van der Waals surface area contributed by atoms with Gasteiger partial charge in [0.2, 0.25) is 0 Å². The molecule has 88 valence electrons. The molecule has 0 unspecified atom stereocenters. The van der Waals surface area contributed by atoms with E-state index in [4.69, 9.17) is 10.6 Å². The van der Waals surface area contributed by atoms with E-state index in [-0.39, 0.29) is 6.04 Å². The molecule has 2 aliphatic heterocycles. The third kappa shape index (κ3) is 1.67. The van der Waals surface area contributed by atoms with E-state index in [1.54, 1.807) is 0 Å². The number of rotatable bonds is 1. The monoisotopic (exact) mass is 228 g/mol. The van der Waals surface area contributed by atoms with Crippen molar-refractivity contribution in [1.82, 2.24) is 4.90 Å². The van der Waals surface area contributed by atoms with Crippen LogP contribution >= 0.6 is 0 Å². The van der Waals surface area contributed by atoms with Crippen molar-refractivity contribution < 1.29 is 14.3 Å². The zero-order valence-corrected chi connectivity index (χ0v) is 8.66. The van der Waals surface area contributed by atoms with Crippen molar-refractivity contribution >= 4 is 6.09 Å². The molecule has 2 fully saturated rings. The van der Waals surface area contributed by atoms with Crippen LogP contribution < -0.4 is 0 Å². The first kappa shape index (κ1) is 11.0. The van der Waals surface area contributed by atoms with Crippen LogP contribution in [0.2, 0.25) is 0 Å². The first-order chi connectivity index (χ1) is 7.65. The van der Waals surface area contributed by atoms with Crippen molar-refractivity contribution in [3.8, 4) is 0 Å². The lowest BCUT2D eigenvalue weighted by Crippen LogP contribution is -2.60. The molecule has 0 saturated carbocycles. The molecule has 0 spiro atoms. The van der Waals surface area contributed by atoms with Crippen molar-refractivity contribution in [2.75, 3.05) is 0 Å². The average Bonchev–Trinajstić information content (AvgIpc) is 2.25. The van der Waals surface area contributed by atoms with Crippen molar-refractivity contribution in [2.24, 2.45) is 5.11 Å². The first-order valence-electron chi connectivity index (χ1n) is 5.34. The Hall–Kier alpha value is -1.49. The molecule has 0 aliphatic carbocycles. The highest BCUT2D eigenvalue weighted by Crippen LogP contribution is 2.37. The van der Waals surface area contributed by atoms with Gasteiger partial charge in [0.15, 0.2) is 0 Å². The van der Waals surface area contributed by atoms with Gasteiger partial charge < -0.3 is 5.11 Å². The minimum Gasteiger partial charge on any atom is -0.465 e. The second-order valence-corrected chi connectivity index (χ2v) is 4.29. The molecule has 0 aromatic carbocycles. The number of amides is 1. The van der Waals surface area contributed by atoms with Gasteiger partial charge in [0.1, 0.15) is 6.17 Å². The number of fused-ring (bicyclic) bond motifs is 2. The summed E-state index contributed by atoms with van der Waals surface area (Å²) in [5.74, 6) is 0. The van der Waals surface area contributed by atoms with Gasteiger partial charge in [0.05, 0.1) is 12.1 Å².